The Morgan fingerprint density at radius 2 is 1.87 bits per heavy atom. The largest absolute Gasteiger partial charge is 0.382 e. The number of carbonyl (C=O) groups is 2. The molecule has 2 aliphatic rings. The Balaban J connectivity index is 1.60. The van der Waals surface area contributed by atoms with Gasteiger partial charge in [0.2, 0.25) is 0 Å². The van der Waals surface area contributed by atoms with E-state index in [1.165, 1.54) is 0 Å². The number of hydrogen-bond donors (Lipinski definition) is 1. The molecule has 1 saturated heterocycles. The summed E-state index contributed by atoms with van der Waals surface area (Å²) in [5.74, 6) is 0.222. The van der Waals surface area contributed by atoms with Crippen LogP contribution in [0.15, 0.2) is 36.4 Å². The Hall–Kier alpha value is -3.35. The van der Waals surface area contributed by atoms with Gasteiger partial charge < -0.3 is 15.5 Å². The number of likely N-dealkylation sites (N-methyl/N-ethyl adjacent to an activating group) is 1. The molecule has 4 heterocycles. The van der Waals surface area contributed by atoms with Crippen molar-refractivity contribution in [1.82, 2.24) is 19.4 Å². The molecule has 0 saturated carbocycles. The van der Waals surface area contributed by atoms with Gasteiger partial charge in [-0.2, -0.15) is 0 Å². The monoisotopic (exact) mass is 403 g/mol. The number of carbonyl (C=O) groups excluding carboxylic acids is 2. The van der Waals surface area contributed by atoms with E-state index < -0.39 is 0 Å². The molecule has 2 N–H and O–H groups in total. The van der Waals surface area contributed by atoms with E-state index >= 15 is 0 Å². The average molecular weight is 403 g/mol. The number of amides is 2. The number of rotatable bonds is 2. The molecule has 2 amide bonds. The maximum Gasteiger partial charge on any atom is 0.259 e. The first-order valence-electron chi connectivity index (χ1n) is 10.5. The van der Waals surface area contributed by atoms with Crippen molar-refractivity contribution in [1.29, 1.82) is 0 Å². The van der Waals surface area contributed by atoms with Crippen LogP contribution in [0.25, 0.3) is 16.8 Å². The predicted molar refractivity (Wildman–Crippen MR) is 115 cm³/mol. The molecule has 2 aliphatic heterocycles. The van der Waals surface area contributed by atoms with Gasteiger partial charge in [-0.15, -0.1) is 5.10 Å². The minimum Gasteiger partial charge on any atom is -0.382 e. The highest BCUT2D eigenvalue weighted by Crippen LogP contribution is 2.29. The maximum atomic E-state index is 13.2. The van der Waals surface area contributed by atoms with E-state index in [4.69, 9.17) is 5.73 Å². The van der Waals surface area contributed by atoms with Gasteiger partial charge in [0, 0.05) is 37.8 Å². The van der Waals surface area contributed by atoms with Crippen molar-refractivity contribution in [2.45, 2.75) is 25.7 Å². The molecule has 5 rings (SSSR count). The summed E-state index contributed by atoms with van der Waals surface area (Å²) in [4.78, 5) is 29.4. The molecule has 7 nitrogen and oxygen atoms in total. The van der Waals surface area contributed by atoms with Crippen LogP contribution in [-0.2, 0) is 6.42 Å². The van der Waals surface area contributed by atoms with Crippen molar-refractivity contribution < 1.29 is 9.59 Å². The number of hydrogen-bond acceptors (Lipinski definition) is 4. The highest BCUT2D eigenvalue weighted by molar-refractivity contribution is 6.05. The van der Waals surface area contributed by atoms with Gasteiger partial charge in [0.05, 0.1) is 11.2 Å². The van der Waals surface area contributed by atoms with Gasteiger partial charge in [-0.3, -0.25) is 9.59 Å². The fourth-order valence-electron chi connectivity index (χ4n) is 4.53. The molecule has 2 aromatic heterocycles. The number of nitrogens with zero attached hydrogens (tertiary/aromatic N) is 4. The molecule has 1 fully saturated rings. The summed E-state index contributed by atoms with van der Waals surface area (Å²) in [6.45, 7) is 2.25. The van der Waals surface area contributed by atoms with Gasteiger partial charge in [-0.05, 0) is 49.4 Å². The Morgan fingerprint density at radius 1 is 1.07 bits per heavy atom. The zero-order valence-corrected chi connectivity index (χ0v) is 17.1. The number of nitrogen functional groups attached to an aromatic ring is 1. The minimum absolute atomic E-state index is 0.0335. The van der Waals surface area contributed by atoms with Crippen LogP contribution in [0, 0.1) is 0 Å². The SMILES string of the molecule is CN1CCc2ccc(-c3cccc4c(C(=O)N5CCCCC5)c(N)nn34)cc2C1=O. The van der Waals surface area contributed by atoms with E-state index in [-0.39, 0.29) is 17.6 Å². The number of nitrogens with two attached hydrogens (primary N) is 1. The van der Waals surface area contributed by atoms with Crippen LogP contribution >= 0.6 is 0 Å². The third-order valence-corrected chi connectivity index (χ3v) is 6.24. The number of anilines is 1. The number of aromatic nitrogens is 2. The van der Waals surface area contributed by atoms with E-state index in [1.54, 1.807) is 9.42 Å². The van der Waals surface area contributed by atoms with Gasteiger partial charge in [-0.1, -0.05) is 18.2 Å². The van der Waals surface area contributed by atoms with Crippen molar-refractivity contribution in [3.63, 3.8) is 0 Å². The lowest BCUT2D eigenvalue weighted by Crippen LogP contribution is -2.35. The van der Waals surface area contributed by atoms with Crippen LogP contribution in [0.4, 0.5) is 5.82 Å². The normalized spacial score (nSPS) is 16.8. The molecule has 0 spiro atoms. The maximum absolute atomic E-state index is 13.2. The highest BCUT2D eigenvalue weighted by atomic mass is 16.2. The van der Waals surface area contributed by atoms with Gasteiger partial charge in [0.15, 0.2) is 5.82 Å². The Morgan fingerprint density at radius 3 is 2.67 bits per heavy atom. The Bertz CT molecular complexity index is 1160. The summed E-state index contributed by atoms with van der Waals surface area (Å²) < 4.78 is 1.73. The lowest BCUT2D eigenvalue weighted by molar-refractivity contribution is 0.0726. The second-order valence-electron chi connectivity index (χ2n) is 8.17. The zero-order valence-electron chi connectivity index (χ0n) is 17.1. The van der Waals surface area contributed by atoms with Crippen molar-refractivity contribution >= 4 is 23.1 Å². The smallest absolute Gasteiger partial charge is 0.259 e. The van der Waals surface area contributed by atoms with E-state index in [1.807, 2.05) is 48.3 Å². The molecule has 154 valence electrons. The van der Waals surface area contributed by atoms with Crippen molar-refractivity contribution in [2.24, 2.45) is 0 Å². The number of pyridine rings is 1. The van der Waals surface area contributed by atoms with Gasteiger partial charge >= 0.3 is 0 Å². The van der Waals surface area contributed by atoms with E-state index in [0.717, 1.165) is 67.7 Å². The fourth-order valence-corrected chi connectivity index (χ4v) is 4.53. The summed E-state index contributed by atoms with van der Waals surface area (Å²) in [6.07, 6.45) is 4.05. The molecule has 3 aromatic rings. The molecule has 0 unspecified atom stereocenters. The Labute approximate surface area is 175 Å². The van der Waals surface area contributed by atoms with Gasteiger partial charge in [0.1, 0.15) is 5.56 Å². The highest BCUT2D eigenvalue weighted by Gasteiger charge is 2.26. The van der Waals surface area contributed by atoms with Gasteiger partial charge in [-0.25, -0.2) is 4.52 Å². The summed E-state index contributed by atoms with van der Waals surface area (Å²) in [5.41, 5.74) is 10.9. The summed E-state index contributed by atoms with van der Waals surface area (Å²) in [6, 6.07) is 11.7. The Kier molecular flexibility index (Phi) is 4.46. The quantitative estimate of drug-likeness (QED) is 0.713. The predicted octanol–water partition coefficient (Wildman–Crippen LogP) is 2.84. The third-order valence-electron chi connectivity index (χ3n) is 6.24. The lowest BCUT2D eigenvalue weighted by Gasteiger charge is -2.26. The lowest BCUT2D eigenvalue weighted by atomic mass is 9.96. The van der Waals surface area contributed by atoms with Crippen molar-refractivity contribution in [3.05, 3.63) is 53.1 Å². The van der Waals surface area contributed by atoms with Gasteiger partial charge in [0.25, 0.3) is 11.8 Å². The first kappa shape index (κ1) is 18.7. The van der Waals surface area contributed by atoms with Crippen LogP contribution in [0.5, 0.6) is 0 Å². The summed E-state index contributed by atoms with van der Waals surface area (Å²) >= 11 is 0. The fraction of sp³-hybridized carbons (Fsp3) is 0.348. The first-order chi connectivity index (χ1) is 14.5. The molecule has 30 heavy (non-hydrogen) atoms. The molecular formula is C23H25N5O2. The number of piperidine rings is 1. The molecule has 7 heteroatoms. The van der Waals surface area contributed by atoms with Crippen LogP contribution in [0.1, 0.15) is 45.5 Å². The van der Waals surface area contributed by atoms with E-state index in [0.29, 0.717) is 11.1 Å². The minimum atomic E-state index is -0.0541. The molecule has 0 atom stereocenters. The summed E-state index contributed by atoms with van der Waals surface area (Å²) in [5, 5.41) is 4.50. The van der Waals surface area contributed by atoms with Crippen molar-refractivity contribution in [3.8, 4) is 11.3 Å². The van der Waals surface area contributed by atoms with E-state index in [2.05, 4.69) is 5.10 Å². The standard InChI is InChI=1S/C23H25N5O2/c1-26-13-10-15-8-9-16(14-17(15)22(26)29)18-6-5-7-19-20(21(24)25-28(18)19)23(30)27-11-3-2-4-12-27/h5-9,14H,2-4,10-13H2,1H3,(H2,24,25). The third kappa shape index (κ3) is 2.93. The van der Waals surface area contributed by atoms with Crippen LogP contribution in [-0.4, -0.2) is 57.9 Å². The van der Waals surface area contributed by atoms with Crippen LogP contribution in [0.2, 0.25) is 0 Å². The molecule has 0 radical (unpaired) electrons. The molecule has 1 aromatic carbocycles. The van der Waals surface area contributed by atoms with E-state index in [9.17, 15) is 9.59 Å². The second kappa shape index (κ2) is 7.16. The molecule has 0 aliphatic carbocycles. The topological polar surface area (TPSA) is 83.9 Å². The average Bonchev–Trinajstić information content (AvgIpc) is 3.12. The molecular weight excluding hydrogens is 378 g/mol. The number of benzene rings is 1. The van der Waals surface area contributed by atoms with Crippen molar-refractivity contribution in [2.75, 3.05) is 32.4 Å². The second-order valence-corrected chi connectivity index (χ2v) is 8.17. The zero-order chi connectivity index (χ0) is 20.8. The number of likely N-dealkylation sites (tertiary alicyclic amines) is 1. The first-order valence-corrected chi connectivity index (χ1v) is 10.5. The molecule has 0 bridgehead atoms. The van der Waals surface area contributed by atoms with Crippen LogP contribution in [0.3, 0.4) is 0 Å². The number of fused-ring (bicyclic) bond motifs is 2. The van der Waals surface area contributed by atoms with Crippen LogP contribution < -0.4 is 5.73 Å². The summed E-state index contributed by atoms with van der Waals surface area (Å²) in [7, 11) is 1.82.